The number of benzene rings is 4. The molecule has 0 saturated carbocycles. The number of carbonyl (C=O) groups excluding carboxylic acids is 2. The molecule has 0 heterocycles. The van der Waals surface area contributed by atoms with Crippen molar-refractivity contribution < 1.29 is 23.5 Å². The first-order valence-corrected chi connectivity index (χ1v) is 15.9. The third kappa shape index (κ3) is 7.81. The molecule has 1 unspecified atom stereocenters. The highest BCUT2D eigenvalue weighted by molar-refractivity contribution is 6.99. The first-order chi connectivity index (χ1) is 19.8. The number of hydrogen-bond acceptors (Lipinski definition) is 5. The van der Waals surface area contributed by atoms with Gasteiger partial charge in [-0.05, 0) is 33.0 Å². The average Bonchev–Trinajstić information content (AvgIpc) is 3.00. The van der Waals surface area contributed by atoms with Crippen molar-refractivity contribution in [3.8, 4) is 0 Å². The Labute approximate surface area is 244 Å². The zero-order valence-corrected chi connectivity index (χ0v) is 25.0. The highest BCUT2D eigenvalue weighted by Crippen LogP contribution is 2.38. The number of carbonyl (C=O) groups is 2. The number of rotatable bonds is 12. The second kappa shape index (κ2) is 14.1. The van der Waals surface area contributed by atoms with Gasteiger partial charge in [0.1, 0.15) is 19.3 Å². The van der Waals surface area contributed by atoms with Gasteiger partial charge in [0.05, 0.1) is 0 Å². The Bertz CT molecular complexity index is 1330. The Kier molecular flexibility index (Phi) is 10.3. The normalized spacial score (nSPS) is 12.4. The second-order valence-electron chi connectivity index (χ2n) is 11.0. The first kappa shape index (κ1) is 30.0. The Morgan fingerprint density at radius 2 is 1.05 bits per heavy atom. The molecule has 6 heteroatoms. The lowest BCUT2D eigenvalue weighted by atomic mass is 10.2. The van der Waals surface area contributed by atoms with Gasteiger partial charge in [-0.1, -0.05) is 142 Å². The van der Waals surface area contributed by atoms with Crippen molar-refractivity contribution in [2.75, 3.05) is 0 Å². The summed E-state index contributed by atoms with van der Waals surface area (Å²) in [5.41, 5.74) is 1.79. The van der Waals surface area contributed by atoms with Crippen molar-refractivity contribution in [2.45, 2.75) is 58.0 Å². The lowest BCUT2D eigenvalue weighted by molar-refractivity contribution is -0.155. The largest absolute Gasteiger partial charge is 0.461 e. The van der Waals surface area contributed by atoms with Gasteiger partial charge in [0, 0.05) is 6.42 Å². The predicted octanol–water partition coefficient (Wildman–Crippen LogP) is 6.20. The smallest absolute Gasteiger partial charge is 0.334 e. The van der Waals surface area contributed by atoms with Crippen LogP contribution in [0.15, 0.2) is 121 Å². The minimum Gasteiger partial charge on any atom is -0.461 e. The fourth-order valence-corrected chi connectivity index (χ4v) is 9.67. The summed E-state index contributed by atoms with van der Waals surface area (Å²) in [6.45, 7) is 6.76. The molecule has 0 aliphatic rings. The summed E-state index contributed by atoms with van der Waals surface area (Å²) in [6, 6.07) is 39.3. The van der Waals surface area contributed by atoms with Crippen LogP contribution in [-0.4, -0.2) is 26.4 Å². The van der Waals surface area contributed by atoms with Gasteiger partial charge in [-0.3, -0.25) is 4.79 Å². The van der Waals surface area contributed by atoms with Crippen LogP contribution in [0.5, 0.6) is 0 Å². The Balaban J connectivity index is 1.63. The van der Waals surface area contributed by atoms with Gasteiger partial charge in [-0.25, -0.2) is 4.79 Å². The fraction of sp³-hybridized carbons (Fsp3) is 0.257. The minimum absolute atomic E-state index is 0.0239. The zero-order chi connectivity index (χ0) is 29.1. The van der Waals surface area contributed by atoms with Gasteiger partial charge >= 0.3 is 11.9 Å². The van der Waals surface area contributed by atoms with Gasteiger partial charge < -0.3 is 13.9 Å². The van der Waals surface area contributed by atoms with Crippen LogP contribution in [0.3, 0.4) is 0 Å². The standard InChI is InChI=1S/C35H38O5Si/c1-35(2,3)41(30-20-12-6-13-21-30,31-22-14-7-15-23-31)40-32(34(37)39-27-29-18-10-5-11-19-29)24-25-33(36)38-26-28-16-8-4-9-17-28/h4-23,32H,24-27H2,1-3H3. The SMILES string of the molecule is CC(C)(C)[Si](OC(CCC(=O)OCc1ccccc1)C(=O)OCc1ccccc1)(c1ccccc1)c1ccccc1. The lowest BCUT2D eigenvalue weighted by Gasteiger charge is -2.44. The van der Waals surface area contributed by atoms with Crippen LogP contribution in [0, 0.1) is 0 Å². The van der Waals surface area contributed by atoms with Crippen LogP contribution in [0.4, 0.5) is 0 Å². The lowest BCUT2D eigenvalue weighted by Crippen LogP contribution is -2.68. The van der Waals surface area contributed by atoms with E-state index in [0.29, 0.717) is 0 Å². The molecule has 1 atom stereocenters. The zero-order valence-electron chi connectivity index (χ0n) is 24.0. The highest BCUT2D eigenvalue weighted by atomic mass is 28.4. The summed E-state index contributed by atoms with van der Waals surface area (Å²) in [7, 11) is -3.08. The van der Waals surface area contributed by atoms with Crippen molar-refractivity contribution in [3.63, 3.8) is 0 Å². The third-order valence-electron chi connectivity index (χ3n) is 7.08. The average molecular weight is 567 g/mol. The van der Waals surface area contributed by atoms with Gasteiger partial charge in [-0.2, -0.15) is 0 Å². The summed E-state index contributed by atoms with van der Waals surface area (Å²) >= 11 is 0. The van der Waals surface area contributed by atoms with E-state index in [9.17, 15) is 9.59 Å². The minimum atomic E-state index is -3.08. The first-order valence-electron chi connectivity index (χ1n) is 14.0. The maximum absolute atomic E-state index is 13.7. The molecule has 212 valence electrons. The van der Waals surface area contributed by atoms with E-state index in [0.717, 1.165) is 21.5 Å². The van der Waals surface area contributed by atoms with Crippen LogP contribution < -0.4 is 10.4 Å². The summed E-state index contributed by atoms with van der Waals surface area (Å²) < 4.78 is 18.4. The van der Waals surface area contributed by atoms with E-state index in [2.05, 4.69) is 45.0 Å². The molecule has 0 spiro atoms. The van der Waals surface area contributed by atoms with E-state index in [1.807, 2.05) is 97.1 Å². The second-order valence-corrected chi connectivity index (χ2v) is 15.3. The van der Waals surface area contributed by atoms with E-state index in [4.69, 9.17) is 13.9 Å². The van der Waals surface area contributed by atoms with Gasteiger partial charge in [0.15, 0.2) is 0 Å². The molecule has 0 bridgehead atoms. The molecule has 0 aromatic heterocycles. The topological polar surface area (TPSA) is 61.8 Å². The molecule has 0 fully saturated rings. The molecular formula is C35H38O5Si. The Morgan fingerprint density at radius 3 is 1.49 bits per heavy atom. The van der Waals surface area contributed by atoms with E-state index in [1.165, 1.54) is 0 Å². The Hall–Kier alpha value is -4.00. The molecule has 0 aliphatic carbocycles. The van der Waals surface area contributed by atoms with E-state index < -0.39 is 20.4 Å². The quantitative estimate of drug-likeness (QED) is 0.151. The van der Waals surface area contributed by atoms with Crippen molar-refractivity contribution in [2.24, 2.45) is 0 Å². The molecule has 41 heavy (non-hydrogen) atoms. The molecular weight excluding hydrogens is 528 g/mol. The fourth-order valence-electron chi connectivity index (χ4n) is 5.01. The number of hydrogen-bond donors (Lipinski definition) is 0. The van der Waals surface area contributed by atoms with Gasteiger partial charge in [0.25, 0.3) is 8.32 Å². The molecule has 4 aromatic rings. The molecule has 0 amide bonds. The molecule has 4 aromatic carbocycles. The monoisotopic (exact) mass is 566 g/mol. The molecule has 0 N–H and O–H groups in total. The molecule has 0 radical (unpaired) electrons. The summed E-state index contributed by atoms with van der Waals surface area (Å²) in [4.78, 5) is 26.5. The van der Waals surface area contributed by atoms with Crippen LogP contribution >= 0.6 is 0 Å². The Morgan fingerprint density at radius 1 is 0.634 bits per heavy atom. The molecule has 0 saturated heterocycles. The van der Waals surface area contributed by atoms with E-state index in [-0.39, 0.29) is 37.1 Å². The van der Waals surface area contributed by atoms with Crippen LogP contribution in [0.1, 0.15) is 44.7 Å². The molecule has 5 nitrogen and oxygen atoms in total. The van der Waals surface area contributed by atoms with Crippen LogP contribution in [-0.2, 0) is 36.7 Å². The maximum Gasteiger partial charge on any atom is 0.334 e. The summed E-state index contributed by atoms with van der Waals surface area (Å²) in [6.07, 6.45) is -0.795. The van der Waals surface area contributed by atoms with Crippen molar-refractivity contribution >= 4 is 30.6 Å². The van der Waals surface area contributed by atoms with Gasteiger partial charge in [0.2, 0.25) is 0 Å². The third-order valence-corrected chi connectivity index (χ3v) is 12.1. The maximum atomic E-state index is 13.7. The van der Waals surface area contributed by atoms with E-state index in [1.54, 1.807) is 0 Å². The summed E-state index contributed by atoms with van der Waals surface area (Å²) in [5.74, 6) is -0.876. The number of esters is 2. The van der Waals surface area contributed by atoms with Crippen LogP contribution in [0.2, 0.25) is 5.04 Å². The van der Waals surface area contributed by atoms with Crippen molar-refractivity contribution in [1.29, 1.82) is 0 Å². The number of ether oxygens (including phenoxy) is 2. The molecule has 0 aliphatic heterocycles. The van der Waals surface area contributed by atoms with Crippen LogP contribution in [0.25, 0.3) is 0 Å². The van der Waals surface area contributed by atoms with Crippen molar-refractivity contribution in [3.05, 3.63) is 132 Å². The highest BCUT2D eigenvalue weighted by Gasteiger charge is 2.52. The van der Waals surface area contributed by atoms with E-state index >= 15 is 0 Å². The predicted molar refractivity (Wildman–Crippen MR) is 164 cm³/mol. The molecule has 4 rings (SSSR count). The summed E-state index contributed by atoms with van der Waals surface area (Å²) in [5, 5.41) is 1.75. The van der Waals surface area contributed by atoms with Gasteiger partial charge in [-0.15, -0.1) is 0 Å². The van der Waals surface area contributed by atoms with Crippen molar-refractivity contribution in [1.82, 2.24) is 0 Å².